The van der Waals surface area contributed by atoms with Crippen LogP contribution in [0.15, 0.2) is 18.2 Å². The van der Waals surface area contributed by atoms with Crippen molar-refractivity contribution in [3.63, 3.8) is 0 Å². The molecule has 1 aromatic carbocycles. The van der Waals surface area contributed by atoms with Crippen LogP contribution >= 0.6 is 0 Å². The first-order valence-corrected chi connectivity index (χ1v) is 5.00. The Bertz CT molecular complexity index is 377. The molecule has 0 fully saturated rings. The summed E-state index contributed by atoms with van der Waals surface area (Å²) in [6.07, 6.45) is -0.317. The molecular formula is C12H15FO3. The Morgan fingerprint density at radius 3 is 2.75 bits per heavy atom. The lowest BCUT2D eigenvalue weighted by molar-refractivity contribution is 0.0120. The molecule has 0 N–H and O–H groups in total. The maximum atomic E-state index is 13.0. The van der Waals surface area contributed by atoms with Crippen LogP contribution in [-0.4, -0.2) is 25.8 Å². The summed E-state index contributed by atoms with van der Waals surface area (Å²) in [5, 5.41) is 0. The summed E-state index contributed by atoms with van der Waals surface area (Å²) in [6, 6.07) is 4.13. The molecule has 0 bridgehead atoms. The third-order valence-electron chi connectivity index (χ3n) is 2.10. The summed E-state index contributed by atoms with van der Waals surface area (Å²) in [5.41, 5.74) is 0.774. The van der Waals surface area contributed by atoms with Gasteiger partial charge in [0.05, 0.1) is 12.2 Å². The first-order valence-electron chi connectivity index (χ1n) is 5.00. The molecule has 0 spiro atoms. The summed E-state index contributed by atoms with van der Waals surface area (Å²) in [6.45, 7) is 3.67. The number of hydrogen-bond donors (Lipinski definition) is 0. The van der Waals surface area contributed by atoms with Crippen LogP contribution in [0.5, 0.6) is 0 Å². The fraction of sp³-hybridized carbons (Fsp3) is 0.417. The van der Waals surface area contributed by atoms with Crippen LogP contribution in [0.2, 0.25) is 0 Å². The Morgan fingerprint density at radius 2 is 2.19 bits per heavy atom. The average molecular weight is 226 g/mol. The minimum atomic E-state index is -0.465. The van der Waals surface area contributed by atoms with E-state index in [1.807, 2.05) is 0 Å². The van der Waals surface area contributed by atoms with Crippen LogP contribution < -0.4 is 0 Å². The number of ether oxygens (including phenoxy) is 2. The van der Waals surface area contributed by atoms with Crippen LogP contribution in [0.25, 0.3) is 0 Å². The van der Waals surface area contributed by atoms with Crippen molar-refractivity contribution < 1.29 is 18.7 Å². The van der Waals surface area contributed by atoms with Gasteiger partial charge in [-0.3, -0.25) is 0 Å². The smallest absolute Gasteiger partial charge is 0.338 e. The maximum Gasteiger partial charge on any atom is 0.338 e. The molecule has 0 heterocycles. The van der Waals surface area contributed by atoms with Crippen molar-refractivity contribution in [1.82, 2.24) is 0 Å². The lowest BCUT2D eigenvalue weighted by Gasteiger charge is -2.12. The van der Waals surface area contributed by atoms with Crippen molar-refractivity contribution in [2.24, 2.45) is 0 Å². The topological polar surface area (TPSA) is 35.5 Å². The third kappa shape index (κ3) is 3.31. The summed E-state index contributed by atoms with van der Waals surface area (Å²) >= 11 is 0. The standard InChI is InChI=1S/C12H15FO3/c1-8-6-10(4-5-11(8)13)12(14)16-9(2)7-15-3/h4-6,9H,7H2,1-3H3. The van der Waals surface area contributed by atoms with E-state index in [1.54, 1.807) is 13.8 Å². The number of benzene rings is 1. The van der Waals surface area contributed by atoms with Crippen LogP contribution in [0.3, 0.4) is 0 Å². The summed E-state index contributed by atoms with van der Waals surface area (Å²) in [7, 11) is 1.53. The van der Waals surface area contributed by atoms with E-state index < -0.39 is 5.97 Å². The number of aryl methyl sites for hydroxylation is 1. The molecule has 1 unspecified atom stereocenters. The first kappa shape index (κ1) is 12.6. The number of methoxy groups -OCH3 is 1. The predicted molar refractivity (Wildman–Crippen MR) is 57.9 cm³/mol. The van der Waals surface area contributed by atoms with E-state index in [1.165, 1.54) is 25.3 Å². The number of rotatable bonds is 4. The van der Waals surface area contributed by atoms with E-state index in [4.69, 9.17) is 9.47 Å². The molecule has 0 aliphatic rings. The predicted octanol–water partition coefficient (Wildman–Crippen LogP) is 2.33. The number of esters is 1. The highest BCUT2D eigenvalue weighted by atomic mass is 19.1. The van der Waals surface area contributed by atoms with Gasteiger partial charge in [0.15, 0.2) is 0 Å². The Balaban J connectivity index is 2.69. The van der Waals surface area contributed by atoms with Gasteiger partial charge in [-0.15, -0.1) is 0 Å². The number of halogens is 1. The minimum absolute atomic E-state index is 0.317. The highest BCUT2D eigenvalue weighted by Crippen LogP contribution is 2.11. The van der Waals surface area contributed by atoms with Crippen molar-refractivity contribution in [2.75, 3.05) is 13.7 Å². The second-order valence-corrected chi connectivity index (χ2v) is 3.64. The van der Waals surface area contributed by atoms with Gasteiger partial charge < -0.3 is 9.47 Å². The van der Waals surface area contributed by atoms with E-state index >= 15 is 0 Å². The maximum absolute atomic E-state index is 13.0. The van der Waals surface area contributed by atoms with Gasteiger partial charge in [0.25, 0.3) is 0 Å². The molecule has 1 aromatic rings. The molecule has 0 saturated heterocycles. The summed E-state index contributed by atoms with van der Waals surface area (Å²) in [5.74, 6) is -0.797. The molecule has 4 heteroatoms. The molecule has 0 radical (unpaired) electrons. The third-order valence-corrected chi connectivity index (χ3v) is 2.10. The van der Waals surface area contributed by atoms with Gasteiger partial charge in [0.1, 0.15) is 11.9 Å². The van der Waals surface area contributed by atoms with Gasteiger partial charge in [-0.05, 0) is 37.6 Å². The second kappa shape index (κ2) is 5.61. The number of hydrogen-bond acceptors (Lipinski definition) is 3. The zero-order valence-electron chi connectivity index (χ0n) is 9.62. The van der Waals surface area contributed by atoms with Crippen molar-refractivity contribution in [3.05, 3.63) is 35.1 Å². The largest absolute Gasteiger partial charge is 0.457 e. The Morgan fingerprint density at radius 1 is 1.50 bits per heavy atom. The lowest BCUT2D eigenvalue weighted by Crippen LogP contribution is -2.19. The Hall–Kier alpha value is -1.42. The van der Waals surface area contributed by atoms with Gasteiger partial charge in [-0.2, -0.15) is 0 Å². The van der Waals surface area contributed by atoms with Gasteiger partial charge in [0.2, 0.25) is 0 Å². The molecule has 0 amide bonds. The fourth-order valence-corrected chi connectivity index (χ4v) is 1.29. The summed E-state index contributed by atoms with van der Waals surface area (Å²) < 4.78 is 22.9. The van der Waals surface area contributed by atoms with Crippen molar-refractivity contribution in [2.45, 2.75) is 20.0 Å². The Labute approximate surface area is 94.2 Å². The van der Waals surface area contributed by atoms with Crippen molar-refractivity contribution in [3.8, 4) is 0 Å². The highest BCUT2D eigenvalue weighted by Gasteiger charge is 2.12. The number of carbonyl (C=O) groups excluding carboxylic acids is 1. The molecule has 3 nitrogen and oxygen atoms in total. The molecule has 0 saturated carbocycles. The highest BCUT2D eigenvalue weighted by molar-refractivity contribution is 5.89. The Kier molecular flexibility index (Phi) is 4.43. The first-order chi connectivity index (χ1) is 7.54. The van der Waals surface area contributed by atoms with Gasteiger partial charge >= 0.3 is 5.97 Å². The minimum Gasteiger partial charge on any atom is -0.457 e. The van der Waals surface area contributed by atoms with Crippen LogP contribution in [-0.2, 0) is 9.47 Å². The fourth-order valence-electron chi connectivity index (χ4n) is 1.29. The van der Waals surface area contributed by atoms with E-state index in [-0.39, 0.29) is 11.9 Å². The second-order valence-electron chi connectivity index (χ2n) is 3.64. The zero-order valence-corrected chi connectivity index (χ0v) is 9.62. The van der Waals surface area contributed by atoms with Crippen molar-refractivity contribution >= 4 is 5.97 Å². The lowest BCUT2D eigenvalue weighted by atomic mass is 10.1. The average Bonchev–Trinajstić information content (AvgIpc) is 2.22. The molecule has 16 heavy (non-hydrogen) atoms. The van der Waals surface area contributed by atoms with E-state index in [2.05, 4.69) is 0 Å². The van der Waals surface area contributed by atoms with Crippen molar-refractivity contribution in [1.29, 1.82) is 0 Å². The van der Waals surface area contributed by atoms with Crippen LogP contribution in [0, 0.1) is 12.7 Å². The molecule has 88 valence electrons. The zero-order chi connectivity index (χ0) is 12.1. The van der Waals surface area contributed by atoms with Gasteiger partial charge in [-0.25, -0.2) is 9.18 Å². The monoisotopic (exact) mass is 226 g/mol. The molecular weight excluding hydrogens is 211 g/mol. The van der Waals surface area contributed by atoms with E-state index in [9.17, 15) is 9.18 Å². The van der Waals surface area contributed by atoms with Gasteiger partial charge in [-0.1, -0.05) is 0 Å². The van der Waals surface area contributed by atoms with E-state index in [0.717, 1.165) is 0 Å². The molecule has 1 atom stereocenters. The quantitative estimate of drug-likeness (QED) is 0.739. The van der Waals surface area contributed by atoms with E-state index in [0.29, 0.717) is 17.7 Å². The molecule has 0 aliphatic carbocycles. The van der Waals surface area contributed by atoms with Gasteiger partial charge in [0, 0.05) is 7.11 Å². The summed E-state index contributed by atoms with van der Waals surface area (Å²) in [4.78, 5) is 11.6. The van der Waals surface area contributed by atoms with Crippen LogP contribution in [0.1, 0.15) is 22.8 Å². The normalized spacial score (nSPS) is 12.2. The van der Waals surface area contributed by atoms with Crippen LogP contribution in [0.4, 0.5) is 4.39 Å². The SMILES string of the molecule is COCC(C)OC(=O)c1ccc(F)c(C)c1. The molecule has 1 rings (SSSR count). The molecule has 0 aliphatic heterocycles. The number of carbonyl (C=O) groups is 1. The molecule has 0 aromatic heterocycles.